The zero-order valence-electron chi connectivity index (χ0n) is 7.07. The van der Waals surface area contributed by atoms with Crippen LogP contribution >= 0.6 is 22.9 Å². The van der Waals surface area contributed by atoms with Crippen LogP contribution in [0.3, 0.4) is 0 Å². The summed E-state index contributed by atoms with van der Waals surface area (Å²) in [6.45, 7) is 1.11. The van der Waals surface area contributed by atoms with Crippen molar-refractivity contribution >= 4 is 22.9 Å². The van der Waals surface area contributed by atoms with Crippen LogP contribution in [0.2, 0.25) is 4.34 Å². The Morgan fingerprint density at radius 3 is 3.00 bits per heavy atom. The van der Waals surface area contributed by atoms with Gasteiger partial charge >= 0.3 is 0 Å². The highest BCUT2D eigenvalue weighted by Gasteiger charge is 2.26. The molecule has 0 aliphatic carbocycles. The van der Waals surface area contributed by atoms with Crippen molar-refractivity contribution in [3.63, 3.8) is 0 Å². The lowest BCUT2D eigenvalue weighted by atomic mass is 9.99. The maximum Gasteiger partial charge on any atom is 0.0960 e. The molecule has 1 saturated heterocycles. The van der Waals surface area contributed by atoms with Gasteiger partial charge in [0.25, 0.3) is 0 Å². The number of hydrogen-bond acceptors (Lipinski definition) is 3. The molecule has 0 unspecified atom stereocenters. The average molecular weight is 219 g/mol. The van der Waals surface area contributed by atoms with Crippen LogP contribution in [0.25, 0.3) is 0 Å². The molecular formula is C9H11ClO2S. The number of aliphatic hydroxyl groups is 1. The largest absolute Gasteiger partial charge is 0.390 e. The molecule has 0 aromatic carbocycles. The minimum absolute atomic E-state index is 0.215. The first-order valence-corrected chi connectivity index (χ1v) is 5.51. The van der Waals surface area contributed by atoms with Crippen molar-refractivity contribution in [2.24, 2.45) is 5.92 Å². The fourth-order valence-electron chi connectivity index (χ4n) is 1.53. The molecule has 2 rings (SSSR count). The molecule has 0 amide bonds. The Hall–Kier alpha value is -0.0900. The number of hydrogen-bond donors (Lipinski definition) is 1. The Bertz CT molecular complexity index is 287. The first-order valence-electron chi connectivity index (χ1n) is 4.25. The van der Waals surface area contributed by atoms with E-state index < -0.39 is 0 Å². The van der Waals surface area contributed by atoms with Crippen LogP contribution in [0, 0.1) is 5.92 Å². The SMILES string of the molecule is O[C@@H]1COC[C@H]1Cc1ccsc1Cl. The molecule has 2 nitrogen and oxygen atoms in total. The highest BCUT2D eigenvalue weighted by Crippen LogP contribution is 2.27. The molecule has 1 fully saturated rings. The lowest BCUT2D eigenvalue weighted by molar-refractivity contribution is 0.118. The minimum Gasteiger partial charge on any atom is -0.390 e. The minimum atomic E-state index is -0.323. The molecule has 0 spiro atoms. The van der Waals surface area contributed by atoms with Crippen LogP contribution in [0.5, 0.6) is 0 Å². The van der Waals surface area contributed by atoms with Gasteiger partial charge in [-0.1, -0.05) is 11.6 Å². The van der Waals surface area contributed by atoms with E-state index in [0.717, 1.165) is 16.3 Å². The predicted molar refractivity (Wildman–Crippen MR) is 53.3 cm³/mol. The van der Waals surface area contributed by atoms with E-state index in [2.05, 4.69) is 0 Å². The van der Waals surface area contributed by atoms with Gasteiger partial charge in [0.1, 0.15) is 0 Å². The van der Waals surface area contributed by atoms with E-state index in [-0.39, 0.29) is 12.0 Å². The Morgan fingerprint density at radius 1 is 1.62 bits per heavy atom. The van der Waals surface area contributed by atoms with Crippen molar-refractivity contribution in [2.45, 2.75) is 12.5 Å². The van der Waals surface area contributed by atoms with Crippen LogP contribution in [-0.2, 0) is 11.2 Å². The first-order chi connectivity index (χ1) is 6.27. The number of ether oxygens (including phenoxy) is 1. The second-order valence-electron chi connectivity index (χ2n) is 3.29. The van der Waals surface area contributed by atoms with Crippen LogP contribution in [0.4, 0.5) is 0 Å². The second-order valence-corrected chi connectivity index (χ2v) is 4.81. The summed E-state index contributed by atoms with van der Waals surface area (Å²) in [5.41, 5.74) is 1.13. The third kappa shape index (κ3) is 2.05. The number of rotatable bonds is 2. The van der Waals surface area contributed by atoms with E-state index in [0.29, 0.717) is 13.2 Å². The van der Waals surface area contributed by atoms with Gasteiger partial charge in [0.2, 0.25) is 0 Å². The van der Waals surface area contributed by atoms with Gasteiger partial charge in [-0.2, -0.15) is 0 Å². The highest BCUT2D eigenvalue weighted by atomic mass is 35.5. The molecule has 0 radical (unpaired) electrons. The van der Waals surface area contributed by atoms with E-state index >= 15 is 0 Å². The molecule has 1 aliphatic rings. The third-order valence-corrected chi connectivity index (χ3v) is 3.59. The summed E-state index contributed by atoms with van der Waals surface area (Å²) >= 11 is 7.49. The summed E-state index contributed by atoms with van der Waals surface area (Å²) < 4.78 is 6.00. The number of thiophene rings is 1. The van der Waals surface area contributed by atoms with Gasteiger partial charge in [0, 0.05) is 5.92 Å². The Labute approximate surface area is 86.1 Å². The number of aliphatic hydroxyl groups excluding tert-OH is 1. The molecule has 0 saturated carbocycles. The Kier molecular flexibility index (Phi) is 2.89. The molecule has 72 valence electrons. The third-order valence-electron chi connectivity index (χ3n) is 2.34. The molecule has 4 heteroatoms. The second kappa shape index (κ2) is 3.96. The zero-order chi connectivity index (χ0) is 9.26. The standard InChI is InChI=1S/C9H11ClO2S/c10-9-6(1-2-13-9)3-7-4-12-5-8(7)11/h1-2,7-8,11H,3-5H2/t7-,8-/m1/s1. The van der Waals surface area contributed by atoms with Gasteiger partial charge in [-0.3, -0.25) is 0 Å². The fourth-order valence-corrected chi connectivity index (χ4v) is 2.48. The average Bonchev–Trinajstić information content (AvgIpc) is 2.65. The van der Waals surface area contributed by atoms with Crippen molar-refractivity contribution < 1.29 is 9.84 Å². The quantitative estimate of drug-likeness (QED) is 0.823. The van der Waals surface area contributed by atoms with Crippen molar-refractivity contribution in [3.8, 4) is 0 Å². The molecular weight excluding hydrogens is 208 g/mol. The van der Waals surface area contributed by atoms with E-state index in [1.165, 1.54) is 11.3 Å². The molecule has 13 heavy (non-hydrogen) atoms. The maximum absolute atomic E-state index is 9.51. The lowest BCUT2D eigenvalue weighted by Gasteiger charge is -2.10. The summed E-state index contributed by atoms with van der Waals surface area (Å²) in [5.74, 6) is 0.215. The normalized spacial score (nSPS) is 28.2. The topological polar surface area (TPSA) is 29.5 Å². The van der Waals surface area contributed by atoms with Gasteiger partial charge in [0.15, 0.2) is 0 Å². The molecule has 1 aliphatic heterocycles. The Balaban J connectivity index is 2.01. The number of halogens is 1. The molecule has 1 aromatic heterocycles. The molecule has 1 aromatic rings. The van der Waals surface area contributed by atoms with Crippen LogP contribution < -0.4 is 0 Å². The predicted octanol–water partition coefficient (Wildman–Crippen LogP) is 1.95. The van der Waals surface area contributed by atoms with Gasteiger partial charge in [-0.05, 0) is 23.4 Å². The smallest absolute Gasteiger partial charge is 0.0960 e. The summed E-state index contributed by atoms with van der Waals surface area (Å²) in [7, 11) is 0. The van der Waals surface area contributed by atoms with E-state index in [1.807, 2.05) is 11.4 Å². The Morgan fingerprint density at radius 2 is 2.46 bits per heavy atom. The van der Waals surface area contributed by atoms with E-state index in [1.54, 1.807) is 0 Å². The summed E-state index contributed by atoms with van der Waals surface area (Å²) in [5, 5.41) is 11.5. The molecule has 2 atom stereocenters. The monoisotopic (exact) mass is 218 g/mol. The van der Waals surface area contributed by atoms with Crippen molar-refractivity contribution in [2.75, 3.05) is 13.2 Å². The first kappa shape index (κ1) is 9.46. The van der Waals surface area contributed by atoms with Crippen LogP contribution in [0.1, 0.15) is 5.56 Å². The summed E-state index contributed by atoms with van der Waals surface area (Å²) in [6, 6.07) is 2.01. The van der Waals surface area contributed by atoms with E-state index in [4.69, 9.17) is 16.3 Å². The highest BCUT2D eigenvalue weighted by molar-refractivity contribution is 7.14. The van der Waals surface area contributed by atoms with Crippen molar-refractivity contribution in [1.82, 2.24) is 0 Å². The zero-order valence-corrected chi connectivity index (χ0v) is 8.64. The summed E-state index contributed by atoms with van der Waals surface area (Å²) in [4.78, 5) is 0. The van der Waals surface area contributed by atoms with Crippen LogP contribution in [-0.4, -0.2) is 24.4 Å². The van der Waals surface area contributed by atoms with Gasteiger partial charge < -0.3 is 9.84 Å². The summed E-state index contributed by atoms with van der Waals surface area (Å²) in [6.07, 6.45) is 0.500. The van der Waals surface area contributed by atoms with Crippen LogP contribution in [0.15, 0.2) is 11.4 Å². The molecule has 0 bridgehead atoms. The van der Waals surface area contributed by atoms with Crippen molar-refractivity contribution in [1.29, 1.82) is 0 Å². The van der Waals surface area contributed by atoms with Gasteiger partial charge in [0.05, 0.1) is 23.7 Å². The lowest BCUT2D eigenvalue weighted by Crippen LogP contribution is -2.19. The maximum atomic E-state index is 9.51. The van der Waals surface area contributed by atoms with Crippen molar-refractivity contribution in [3.05, 3.63) is 21.3 Å². The molecule has 2 heterocycles. The van der Waals surface area contributed by atoms with E-state index in [9.17, 15) is 5.11 Å². The van der Waals surface area contributed by atoms with Gasteiger partial charge in [-0.15, -0.1) is 11.3 Å². The molecule has 1 N–H and O–H groups in total. The fraction of sp³-hybridized carbons (Fsp3) is 0.556. The van der Waals surface area contributed by atoms with Gasteiger partial charge in [-0.25, -0.2) is 0 Å².